The van der Waals surface area contributed by atoms with Crippen LogP contribution in [0, 0.1) is 12.7 Å². The zero-order valence-electron chi connectivity index (χ0n) is 16.0. The second-order valence-electron chi connectivity index (χ2n) is 7.24. The maximum atomic E-state index is 13.6. The van der Waals surface area contributed by atoms with Crippen molar-refractivity contribution in [2.75, 3.05) is 25.0 Å². The van der Waals surface area contributed by atoms with Gasteiger partial charge in [0, 0.05) is 18.3 Å². The van der Waals surface area contributed by atoms with Crippen molar-refractivity contribution in [2.45, 2.75) is 25.8 Å². The van der Waals surface area contributed by atoms with E-state index in [1.165, 1.54) is 17.4 Å². The van der Waals surface area contributed by atoms with Gasteiger partial charge in [-0.25, -0.2) is 9.07 Å². The number of benzene rings is 1. The highest BCUT2D eigenvalue weighted by Crippen LogP contribution is 2.26. The van der Waals surface area contributed by atoms with Crippen molar-refractivity contribution in [1.29, 1.82) is 0 Å². The summed E-state index contributed by atoms with van der Waals surface area (Å²) in [5.41, 5.74) is 1.34. The molecule has 0 N–H and O–H groups in total. The van der Waals surface area contributed by atoms with Crippen LogP contribution in [0.25, 0.3) is 5.69 Å². The Hall–Kier alpha value is -2.51. The summed E-state index contributed by atoms with van der Waals surface area (Å²) in [7, 11) is 2.10. The number of hydrogen-bond acceptors (Lipinski definition) is 4. The first-order valence-corrected chi connectivity index (χ1v) is 10.3. The van der Waals surface area contributed by atoms with E-state index in [1.54, 1.807) is 23.7 Å². The monoisotopic (exact) mass is 398 g/mol. The lowest BCUT2D eigenvalue weighted by atomic mass is 10.0. The van der Waals surface area contributed by atoms with Crippen molar-refractivity contribution in [3.8, 4) is 5.69 Å². The van der Waals surface area contributed by atoms with Gasteiger partial charge in [0.25, 0.3) is 5.91 Å². The predicted octanol–water partition coefficient (Wildman–Crippen LogP) is 4.12. The topological polar surface area (TPSA) is 41.4 Å². The van der Waals surface area contributed by atoms with Crippen molar-refractivity contribution < 1.29 is 9.18 Å². The Morgan fingerprint density at radius 3 is 2.71 bits per heavy atom. The minimum absolute atomic E-state index is 0.00918. The van der Waals surface area contributed by atoms with Crippen LogP contribution in [0.5, 0.6) is 0 Å². The van der Waals surface area contributed by atoms with Crippen LogP contribution in [0.2, 0.25) is 0 Å². The van der Waals surface area contributed by atoms with Crippen LogP contribution < -0.4 is 4.90 Å². The van der Waals surface area contributed by atoms with E-state index in [0.29, 0.717) is 16.3 Å². The first kappa shape index (κ1) is 18.8. The van der Waals surface area contributed by atoms with Crippen molar-refractivity contribution in [1.82, 2.24) is 14.7 Å². The molecule has 28 heavy (non-hydrogen) atoms. The second kappa shape index (κ2) is 7.85. The summed E-state index contributed by atoms with van der Waals surface area (Å²) < 4.78 is 15.3. The van der Waals surface area contributed by atoms with Gasteiger partial charge in [-0.15, -0.1) is 16.4 Å². The SMILES string of the molecule is Cc1cc(-n2ccc(N(C(=O)c3cccs3)C3CCN(C)CC3)n2)ccc1F. The van der Waals surface area contributed by atoms with Crippen LogP contribution in [-0.4, -0.2) is 46.8 Å². The van der Waals surface area contributed by atoms with E-state index in [1.807, 2.05) is 34.7 Å². The third-order valence-electron chi connectivity index (χ3n) is 5.23. The van der Waals surface area contributed by atoms with Crippen LogP contribution >= 0.6 is 11.3 Å². The van der Waals surface area contributed by atoms with Crippen LogP contribution in [-0.2, 0) is 0 Å². The standard InChI is InChI=1S/C21H23FN4OS/c1-15-14-17(5-6-18(15)22)25-12-9-20(23-25)26(16-7-10-24(2)11-8-16)21(27)19-4-3-13-28-19/h3-6,9,12-14,16H,7-8,10-11H2,1-2H3. The molecule has 0 atom stereocenters. The molecular formula is C21H23FN4OS. The van der Waals surface area contributed by atoms with Gasteiger partial charge < -0.3 is 4.90 Å². The zero-order chi connectivity index (χ0) is 19.7. The molecule has 0 bridgehead atoms. The Bertz CT molecular complexity index is 961. The van der Waals surface area contributed by atoms with E-state index >= 15 is 0 Å². The van der Waals surface area contributed by atoms with Crippen LogP contribution in [0.1, 0.15) is 28.1 Å². The van der Waals surface area contributed by atoms with Crippen LogP contribution in [0.3, 0.4) is 0 Å². The summed E-state index contributed by atoms with van der Waals surface area (Å²) in [6.07, 6.45) is 3.65. The van der Waals surface area contributed by atoms with Gasteiger partial charge in [0.2, 0.25) is 0 Å². The maximum absolute atomic E-state index is 13.6. The maximum Gasteiger partial charge on any atom is 0.269 e. The number of nitrogens with zero attached hydrogens (tertiary/aromatic N) is 4. The van der Waals surface area contributed by atoms with Gasteiger partial charge in [-0.2, -0.15) is 0 Å². The summed E-state index contributed by atoms with van der Waals surface area (Å²) in [5.74, 6) is 0.386. The molecule has 7 heteroatoms. The molecule has 1 aromatic carbocycles. The average Bonchev–Trinajstić information content (AvgIpc) is 3.38. The lowest BCUT2D eigenvalue weighted by molar-refractivity contribution is 0.0966. The molecule has 2 aromatic heterocycles. The number of thiophene rings is 1. The number of rotatable bonds is 4. The van der Waals surface area contributed by atoms with Crippen molar-refractivity contribution in [2.24, 2.45) is 0 Å². The number of aryl methyl sites for hydroxylation is 1. The van der Waals surface area contributed by atoms with Crippen molar-refractivity contribution in [3.05, 3.63) is 64.2 Å². The minimum atomic E-state index is -0.239. The van der Waals surface area contributed by atoms with Gasteiger partial charge in [0.05, 0.1) is 10.6 Å². The smallest absolute Gasteiger partial charge is 0.269 e. The summed E-state index contributed by atoms with van der Waals surface area (Å²) in [6, 6.07) is 10.6. The molecule has 146 valence electrons. The van der Waals surface area contributed by atoms with Gasteiger partial charge >= 0.3 is 0 Å². The number of aromatic nitrogens is 2. The fourth-order valence-corrected chi connectivity index (χ4v) is 4.25. The van der Waals surface area contributed by atoms with E-state index < -0.39 is 0 Å². The quantitative estimate of drug-likeness (QED) is 0.664. The Labute approximate surface area is 168 Å². The lowest BCUT2D eigenvalue weighted by Crippen LogP contribution is -2.47. The van der Waals surface area contributed by atoms with E-state index in [-0.39, 0.29) is 17.8 Å². The largest absolute Gasteiger partial charge is 0.306 e. The molecule has 1 aliphatic rings. The third kappa shape index (κ3) is 3.72. The predicted molar refractivity (Wildman–Crippen MR) is 110 cm³/mol. The molecule has 0 unspecified atom stereocenters. The van der Waals surface area contributed by atoms with Gasteiger partial charge in [-0.3, -0.25) is 9.69 Å². The number of carbonyl (C=O) groups excluding carboxylic acids is 1. The van der Waals surface area contributed by atoms with E-state index in [2.05, 4.69) is 17.0 Å². The van der Waals surface area contributed by atoms with Gasteiger partial charge in [-0.05, 0) is 75.1 Å². The normalized spacial score (nSPS) is 15.7. The second-order valence-corrected chi connectivity index (χ2v) is 8.19. The highest BCUT2D eigenvalue weighted by molar-refractivity contribution is 7.12. The first-order valence-electron chi connectivity index (χ1n) is 9.41. The van der Waals surface area contributed by atoms with Crippen LogP contribution in [0.15, 0.2) is 48.0 Å². The molecule has 1 saturated heterocycles. The number of piperidine rings is 1. The Balaban J connectivity index is 1.67. The summed E-state index contributed by atoms with van der Waals surface area (Å²) in [6.45, 7) is 3.64. The number of likely N-dealkylation sites (tertiary alicyclic amines) is 1. The molecule has 3 aromatic rings. The summed E-state index contributed by atoms with van der Waals surface area (Å²) >= 11 is 1.45. The number of carbonyl (C=O) groups is 1. The Morgan fingerprint density at radius 2 is 2.04 bits per heavy atom. The molecule has 4 rings (SSSR count). The molecule has 0 saturated carbocycles. The average molecular weight is 399 g/mol. The number of anilines is 1. The van der Waals surface area contributed by atoms with Crippen LogP contribution in [0.4, 0.5) is 10.2 Å². The molecule has 1 fully saturated rings. The Kier molecular flexibility index (Phi) is 5.28. The van der Waals surface area contributed by atoms with E-state index in [4.69, 9.17) is 0 Å². The highest BCUT2D eigenvalue weighted by Gasteiger charge is 2.31. The third-order valence-corrected chi connectivity index (χ3v) is 6.09. The van der Waals surface area contributed by atoms with Gasteiger partial charge in [0.15, 0.2) is 5.82 Å². The molecular weight excluding hydrogens is 375 g/mol. The lowest BCUT2D eigenvalue weighted by Gasteiger charge is -2.36. The van der Waals surface area contributed by atoms with E-state index in [0.717, 1.165) is 31.6 Å². The molecule has 1 aliphatic heterocycles. The van der Waals surface area contributed by atoms with Crippen molar-refractivity contribution in [3.63, 3.8) is 0 Å². The molecule has 3 heterocycles. The zero-order valence-corrected chi connectivity index (χ0v) is 16.8. The van der Waals surface area contributed by atoms with Gasteiger partial charge in [-0.1, -0.05) is 6.07 Å². The van der Waals surface area contributed by atoms with Crippen molar-refractivity contribution >= 4 is 23.1 Å². The molecule has 0 spiro atoms. The van der Waals surface area contributed by atoms with E-state index in [9.17, 15) is 9.18 Å². The Morgan fingerprint density at radius 1 is 1.25 bits per heavy atom. The molecule has 0 radical (unpaired) electrons. The number of amides is 1. The molecule has 0 aliphatic carbocycles. The fraction of sp³-hybridized carbons (Fsp3) is 0.333. The number of halogens is 1. The summed E-state index contributed by atoms with van der Waals surface area (Å²) in [4.78, 5) is 18.1. The molecule has 1 amide bonds. The fourth-order valence-electron chi connectivity index (χ4n) is 3.59. The first-order chi connectivity index (χ1) is 13.5. The summed E-state index contributed by atoms with van der Waals surface area (Å²) in [5, 5.41) is 6.58. The number of hydrogen-bond donors (Lipinski definition) is 0. The minimum Gasteiger partial charge on any atom is -0.306 e. The molecule has 5 nitrogen and oxygen atoms in total. The van der Waals surface area contributed by atoms with Gasteiger partial charge in [0.1, 0.15) is 5.82 Å². The highest BCUT2D eigenvalue weighted by atomic mass is 32.1.